The van der Waals surface area contributed by atoms with Crippen LogP contribution in [0.3, 0.4) is 0 Å². The van der Waals surface area contributed by atoms with Gasteiger partial charge in [-0.3, -0.25) is 0 Å². The molecule has 0 unspecified atom stereocenters. The van der Waals surface area contributed by atoms with Crippen molar-refractivity contribution < 1.29 is 17.9 Å². The molecule has 1 nitrogen and oxygen atoms in total. The Labute approximate surface area is 164 Å². The van der Waals surface area contributed by atoms with E-state index in [2.05, 4.69) is 18.4 Å². The Morgan fingerprint density at radius 2 is 1.82 bits per heavy atom. The van der Waals surface area contributed by atoms with E-state index in [1.54, 1.807) is 18.2 Å². The molecule has 1 aliphatic carbocycles. The number of halogens is 3. The third kappa shape index (κ3) is 4.59. The molecule has 2 aromatic rings. The van der Waals surface area contributed by atoms with Crippen LogP contribution in [0, 0.1) is 42.1 Å². The molecular weight excluding hydrogens is 361 g/mol. The topological polar surface area (TPSA) is 9.23 Å². The van der Waals surface area contributed by atoms with Crippen LogP contribution in [0.5, 0.6) is 5.75 Å². The lowest BCUT2D eigenvalue weighted by molar-refractivity contribution is 0.340. The SMILES string of the molecule is C=CCOc1ccc(C2CCC(C#Cc3ccc(C)c(F)c3F)CC2)cc1F. The van der Waals surface area contributed by atoms with Gasteiger partial charge in [-0.05, 0) is 67.9 Å². The van der Waals surface area contributed by atoms with Crippen molar-refractivity contribution in [3.63, 3.8) is 0 Å². The van der Waals surface area contributed by atoms with Crippen LogP contribution in [-0.2, 0) is 0 Å². The van der Waals surface area contributed by atoms with Crippen molar-refractivity contribution >= 4 is 0 Å². The molecule has 0 aromatic heterocycles. The number of ether oxygens (including phenoxy) is 1. The van der Waals surface area contributed by atoms with E-state index >= 15 is 0 Å². The summed E-state index contributed by atoms with van der Waals surface area (Å²) >= 11 is 0. The molecule has 28 heavy (non-hydrogen) atoms. The van der Waals surface area contributed by atoms with E-state index < -0.39 is 11.6 Å². The standard InChI is InChI=1S/C24H23F3O/c1-3-14-28-22-13-12-20(15-21(22)25)18-9-5-17(6-10-18)7-11-19-8-4-16(2)23(26)24(19)27/h3-4,8,12-13,15,17-18H,1,5-6,9-10,14H2,2H3. The molecule has 0 heterocycles. The normalized spacial score (nSPS) is 18.9. The first-order chi connectivity index (χ1) is 13.5. The molecule has 0 saturated heterocycles. The summed E-state index contributed by atoms with van der Waals surface area (Å²) in [6, 6.07) is 8.17. The molecule has 1 saturated carbocycles. The lowest BCUT2D eigenvalue weighted by Crippen LogP contribution is -2.12. The number of rotatable bonds is 4. The van der Waals surface area contributed by atoms with Crippen molar-refractivity contribution in [1.29, 1.82) is 0 Å². The summed E-state index contributed by atoms with van der Waals surface area (Å²) in [7, 11) is 0. The molecule has 0 radical (unpaired) electrons. The van der Waals surface area contributed by atoms with Crippen LogP contribution >= 0.6 is 0 Å². The Kier molecular flexibility index (Phi) is 6.46. The Morgan fingerprint density at radius 1 is 1.07 bits per heavy atom. The van der Waals surface area contributed by atoms with Crippen LogP contribution < -0.4 is 4.74 Å². The van der Waals surface area contributed by atoms with Crippen LogP contribution in [0.25, 0.3) is 0 Å². The van der Waals surface area contributed by atoms with E-state index in [9.17, 15) is 13.2 Å². The van der Waals surface area contributed by atoms with Crippen LogP contribution in [0.2, 0.25) is 0 Å². The molecule has 1 fully saturated rings. The van der Waals surface area contributed by atoms with Gasteiger partial charge in [-0.25, -0.2) is 13.2 Å². The lowest BCUT2D eigenvalue weighted by Gasteiger charge is -2.26. The summed E-state index contributed by atoms with van der Waals surface area (Å²) in [6.07, 6.45) is 5.05. The van der Waals surface area contributed by atoms with Crippen molar-refractivity contribution in [3.05, 3.63) is 77.1 Å². The molecule has 0 atom stereocenters. The van der Waals surface area contributed by atoms with E-state index in [4.69, 9.17) is 4.74 Å². The maximum Gasteiger partial charge on any atom is 0.174 e. The van der Waals surface area contributed by atoms with Crippen LogP contribution in [0.4, 0.5) is 13.2 Å². The Morgan fingerprint density at radius 3 is 2.50 bits per heavy atom. The zero-order valence-electron chi connectivity index (χ0n) is 15.9. The first-order valence-electron chi connectivity index (χ1n) is 9.49. The fourth-order valence-corrected chi connectivity index (χ4v) is 3.53. The molecule has 0 aliphatic heterocycles. The summed E-state index contributed by atoms with van der Waals surface area (Å²) < 4.78 is 47.0. The molecule has 3 rings (SSSR count). The van der Waals surface area contributed by atoms with E-state index in [1.165, 1.54) is 19.1 Å². The van der Waals surface area contributed by atoms with Crippen LogP contribution in [0.15, 0.2) is 43.0 Å². The van der Waals surface area contributed by atoms with Crippen LogP contribution in [-0.4, -0.2) is 6.61 Å². The smallest absolute Gasteiger partial charge is 0.174 e. The molecule has 0 bridgehead atoms. The van der Waals surface area contributed by atoms with Crippen molar-refractivity contribution in [3.8, 4) is 17.6 Å². The van der Waals surface area contributed by atoms with E-state index in [1.807, 2.05) is 6.07 Å². The highest BCUT2D eigenvalue weighted by molar-refractivity contribution is 5.39. The summed E-state index contributed by atoms with van der Waals surface area (Å²) in [5, 5.41) is 0. The molecule has 0 spiro atoms. The van der Waals surface area contributed by atoms with Crippen molar-refractivity contribution in [1.82, 2.24) is 0 Å². The van der Waals surface area contributed by atoms with Gasteiger partial charge in [-0.15, -0.1) is 0 Å². The van der Waals surface area contributed by atoms with Gasteiger partial charge >= 0.3 is 0 Å². The summed E-state index contributed by atoms with van der Waals surface area (Å²) in [6.45, 7) is 5.35. The van der Waals surface area contributed by atoms with Gasteiger partial charge in [0.2, 0.25) is 0 Å². The molecule has 1 aliphatic rings. The van der Waals surface area contributed by atoms with Gasteiger partial charge in [0.15, 0.2) is 23.2 Å². The van der Waals surface area contributed by atoms with E-state index in [-0.39, 0.29) is 41.1 Å². The maximum atomic E-state index is 14.2. The van der Waals surface area contributed by atoms with Gasteiger partial charge < -0.3 is 4.74 Å². The zero-order valence-corrected chi connectivity index (χ0v) is 15.9. The summed E-state index contributed by atoms with van der Waals surface area (Å²) in [5.74, 6) is 4.44. The number of benzene rings is 2. The van der Waals surface area contributed by atoms with Gasteiger partial charge in [-0.1, -0.05) is 36.6 Å². The predicted octanol–water partition coefficient (Wildman–Crippen LogP) is 6.30. The molecule has 0 N–H and O–H groups in total. The van der Waals surface area contributed by atoms with Gasteiger partial charge in [0, 0.05) is 5.92 Å². The average Bonchev–Trinajstić information content (AvgIpc) is 2.71. The van der Waals surface area contributed by atoms with Gasteiger partial charge in [-0.2, -0.15) is 0 Å². The highest BCUT2D eigenvalue weighted by atomic mass is 19.2. The number of aryl methyl sites for hydroxylation is 1. The second-order valence-electron chi connectivity index (χ2n) is 7.17. The first-order valence-corrected chi connectivity index (χ1v) is 9.49. The molecule has 146 valence electrons. The first kappa shape index (κ1) is 20.1. The fourth-order valence-electron chi connectivity index (χ4n) is 3.53. The minimum atomic E-state index is -0.879. The minimum absolute atomic E-state index is 0.0995. The fraction of sp³-hybridized carbons (Fsp3) is 0.333. The van der Waals surface area contributed by atoms with E-state index in [0.717, 1.165) is 31.2 Å². The van der Waals surface area contributed by atoms with Crippen molar-refractivity contribution in [2.45, 2.75) is 38.5 Å². The van der Waals surface area contributed by atoms with Gasteiger partial charge in [0.1, 0.15) is 6.61 Å². The monoisotopic (exact) mass is 384 g/mol. The van der Waals surface area contributed by atoms with Crippen LogP contribution in [0.1, 0.15) is 48.3 Å². The summed E-state index contributed by atoms with van der Waals surface area (Å²) in [5.41, 5.74) is 1.33. The summed E-state index contributed by atoms with van der Waals surface area (Å²) in [4.78, 5) is 0. The molecule has 2 aromatic carbocycles. The quantitative estimate of drug-likeness (QED) is 0.444. The Balaban J connectivity index is 1.62. The van der Waals surface area contributed by atoms with Gasteiger partial charge in [0.25, 0.3) is 0 Å². The minimum Gasteiger partial charge on any atom is -0.486 e. The van der Waals surface area contributed by atoms with E-state index in [0.29, 0.717) is 0 Å². The number of hydrogen-bond donors (Lipinski definition) is 0. The third-order valence-corrected chi connectivity index (χ3v) is 5.20. The average molecular weight is 384 g/mol. The Hall–Kier alpha value is -2.67. The second-order valence-corrected chi connectivity index (χ2v) is 7.17. The van der Waals surface area contributed by atoms with Crippen molar-refractivity contribution in [2.24, 2.45) is 5.92 Å². The molecule has 4 heteroatoms. The zero-order chi connectivity index (χ0) is 20.1. The highest BCUT2D eigenvalue weighted by Gasteiger charge is 2.22. The highest BCUT2D eigenvalue weighted by Crippen LogP contribution is 2.36. The van der Waals surface area contributed by atoms with Gasteiger partial charge in [0.05, 0.1) is 5.56 Å². The maximum absolute atomic E-state index is 14.2. The largest absolute Gasteiger partial charge is 0.486 e. The second kappa shape index (κ2) is 9.01. The lowest BCUT2D eigenvalue weighted by atomic mass is 9.79. The molecule has 0 amide bonds. The predicted molar refractivity (Wildman–Crippen MR) is 105 cm³/mol. The third-order valence-electron chi connectivity index (χ3n) is 5.20. The number of hydrogen-bond acceptors (Lipinski definition) is 1. The van der Waals surface area contributed by atoms with Crippen molar-refractivity contribution in [2.75, 3.05) is 6.61 Å². The molecular formula is C24H23F3O. The Bertz CT molecular complexity index is 915.